The van der Waals surface area contributed by atoms with Crippen molar-refractivity contribution in [3.05, 3.63) is 72.2 Å². The number of benzene rings is 1. The molecule has 1 N–H and O–H groups in total. The van der Waals surface area contributed by atoms with E-state index in [0.29, 0.717) is 12.2 Å². The smallest absolute Gasteiger partial charge is 0.270 e. The van der Waals surface area contributed by atoms with Gasteiger partial charge in [-0.3, -0.25) is 9.20 Å². The number of aromatic nitrogens is 2. The summed E-state index contributed by atoms with van der Waals surface area (Å²) >= 11 is 0. The van der Waals surface area contributed by atoms with Gasteiger partial charge < -0.3 is 5.32 Å². The van der Waals surface area contributed by atoms with Gasteiger partial charge in [-0.2, -0.15) is 0 Å². The van der Waals surface area contributed by atoms with Crippen LogP contribution in [0.25, 0.3) is 5.65 Å². The van der Waals surface area contributed by atoms with E-state index in [-0.39, 0.29) is 5.91 Å². The molecular weight excluding hydrogens is 238 g/mol. The number of nitrogens with one attached hydrogen (secondary N) is 1. The van der Waals surface area contributed by atoms with Crippen LogP contribution in [0.15, 0.2) is 60.9 Å². The van der Waals surface area contributed by atoms with Crippen LogP contribution in [0.2, 0.25) is 0 Å². The van der Waals surface area contributed by atoms with E-state index in [1.165, 1.54) is 0 Å². The first-order valence-electron chi connectivity index (χ1n) is 6.09. The predicted molar refractivity (Wildman–Crippen MR) is 72.8 cm³/mol. The summed E-state index contributed by atoms with van der Waals surface area (Å²) < 4.78 is 1.78. The first kappa shape index (κ1) is 11.5. The molecule has 4 nitrogen and oxygen atoms in total. The molecule has 0 aliphatic carbocycles. The van der Waals surface area contributed by atoms with Crippen LogP contribution >= 0.6 is 0 Å². The van der Waals surface area contributed by atoms with Gasteiger partial charge in [-0.25, -0.2) is 4.98 Å². The Hall–Kier alpha value is -2.62. The fourth-order valence-corrected chi connectivity index (χ4v) is 1.97. The van der Waals surface area contributed by atoms with Crippen LogP contribution in [0.5, 0.6) is 0 Å². The molecule has 19 heavy (non-hydrogen) atoms. The molecule has 0 saturated heterocycles. The Morgan fingerprint density at radius 3 is 2.74 bits per heavy atom. The molecule has 0 aliphatic rings. The third kappa shape index (κ3) is 2.33. The lowest BCUT2D eigenvalue weighted by Crippen LogP contribution is -2.24. The van der Waals surface area contributed by atoms with Crippen molar-refractivity contribution in [2.24, 2.45) is 0 Å². The average molecular weight is 251 g/mol. The maximum atomic E-state index is 12.1. The minimum atomic E-state index is -0.123. The molecule has 1 amide bonds. The van der Waals surface area contributed by atoms with Gasteiger partial charge in [0.15, 0.2) is 0 Å². The van der Waals surface area contributed by atoms with Crippen LogP contribution in [-0.4, -0.2) is 15.3 Å². The number of carbonyl (C=O) groups is 1. The zero-order valence-corrected chi connectivity index (χ0v) is 10.3. The summed E-state index contributed by atoms with van der Waals surface area (Å²) in [5.74, 6) is -0.123. The Morgan fingerprint density at radius 2 is 1.89 bits per heavy atom. The average Bonchev–Trinajstić information content (AvgIpc) is 2.90. The normalized spacial score (nSPS) is 10.5. The molecule has 1 aromatic carbocycles. The van der Waals surface area contributed by atoms with Crippen molar-refractivity contribution in [2.45, 2.75) is 6.54 Å². The number of fused-ring (bicyclic) bond motifs is 1. The third-order valence-corrected chi connectivity index (χ3v) is 2.95. The summed E-state index contributed by atoms with van der Waals surface area (Å²) in [6.07, 6.45) is 3.43. The van der Waals surface area contributed by atoms with Gasteiger partial charge >= 0.3 is 0 Å². The topological polar surface area (TPSA) is 46.4 Å². The Morgan fingerprint density at radius 1 is 1.11 bits per heavy atom. The molecule has 0 aliphatic heterocycles. The number of hydrogen-bond donors (Lipinski definition) is 1. The minimum Gasteiger partial charge on any atom is -0.347 e. The maximum absolute atomic E-state index is 12.1. The van der Waals surface area contributed by atoms with Gasteiger partial charge in [0.05, 0.1) is 6.20 Å². The first-order chi connectivity index (χ1) is 9.34. The van der Waals surface area contributed by atoms with Crippen molar-refractivity contribution in [1.29, 1.82) is 0 Å². The second kappa shape index (κ2) is 4.94. The molecule has 0 fully saturated rings. The van der Waals surface area contributed by atoms with E-state index in [1.54, 1.807) is 10.6 Å². The Bertz CT molecular complexity index is 703. The van der Waals surface area contributed by atoms with Crippen molar-refractivity contribution >= 4 is 11.6 Å². The second-order valence-corrected chi connectivity index (χ2v) is 4.24. The predicted octanol–water partition coefficient (Wildman–Crippen LogP) is 2.26. The molecule has 4 heteroatoms. The molecule has 0 unspecified atom stereocenters. The van der Waals surface area contributed by atoms with Crippen LogP contribution in [0, 0.1) is 0 Å². The monoisotopic (exact) mass is 251 g/mol. The summed E-state index contributed by atoms with van der Waals surface area (Å²) in [4.78, 5) is 16.3. The number of hydrogen-bond acceptors (Lipinski definition) is 2. The van der Waals surface area contributed by atoms with Gasteiger partial charge in [0, 0.05) is 12.7 Å². The van der Waals surface area contributed by atoms with E-state index >= 15 is 0 Å². The standard InChI is InChI=1S/C15H13N3O/c19-15(17-10-12-6-2-1-3-7-12)13-11-16-14-8-4-5-9-18(13)14/h1-9,11H,10H2,(H,17,19). The van der Waals surface area contributed by atoms with Crippen LogP contribution in [0.1, 0.15) is 16.1 Å². The Balaban J connectivity index is 1.77. The summed E-state index contributed by atoms with van der Waals surface area (Å²) in [6, 6.07) is 15.5. The van der Waals surface area contributed by atoms with Crippen molar-refractivity contribution in [3.8, 4) is 0 Å². The Labute approximate surface area is 110 Å². The van der Waals surface area contributed by atoms with Crippen molar-refractivity contribution in [3.63, 3.8) is 0 Å². The van der Waals surface area contributed by atoms with Gasteiger partial charge in [0.2, 0.25) is 0 Å². The van der Waals surface area contributed by atoms with Crippen LogP contribution in [0.3, 0.4) is 0 Å². The van der Waals surface area contributed by atoms with E-state index in [9.17, 15) is 4.79 Å². The molecule has 0 spiro atoms. The highest BCUT2D eigenvalue weighted by Gasteiger charge is 2.10. The van der Waals surface area contributed by atoms with Gasteiger partial charge in [-0.15, -0.1) is 0 Å². The minimum absolute atomic E-state index is 0.123. The lowest BCUT2D eigenvalue weighted by molar-refractivity contribution is 0.0945. The molecule has 3 aromatic rings. The molecule has 94 valence electrons. The molecule has 0 saturated carbocycles. The van der Waals surface area contributed by atoms with Crippen molar-refractivity contribution in [1.82, 2.24) is 14.7 Å². The lowest BCUT2D eigenvalue weighted by Gasteiger charge is -2.05. The van der Waals surface area contributed by atoms with Gasteiger partial charge in [-0.1, -0.05) is 36.4 Å². The number of imidazole rings is 1. The first-order valence-corrected chi connectivity index (χ1v) is 6.09. The van der Waals surface area contributed by atoms with Gasteiger partial charge in [0.1, 0.15) is 11.3 Å². The fraction of sp³-hybridized carbons (Fsp3) is 0.0667. The lowest BCUT2D eigenvalue weighted by atomic mass is 10.2. The van der Waals surface area contributed by atoms with E-state index in [2.05, 4.69) is 10.3 Å². The number of amides is 1. The van der Waals surface area contributed by atoms with E-state index in [0.717, 1.165) is 11.2 Å². The molecule has 3 rings (SSSR count). The molecule has 0 atom stereocenters. The van der Waals surface area contributed by atoms with E-state index < -0.39 is 0 Å². The van der Waals surface area contributed by atoms with Gasteiger partial charge in [-0.05, 0) is 17.7 Å². The van der Waals surface area contributed by atoms with Crippen LogP contribution in [0.4, 0.5) is 0 Å². The quantitative estimate of drug-likeness (QED) is 0.776. The zero-order valence-electron chi connectivity index (χ0n) is 10.3. The number of pyridine rings is 1. The summed E-state index contributed by atoms with van der Waals surface area (Å²) in [5.41, 5.74) is 2.39. The zero-order chi connectivity index (χ0) is 13.1. The SMILES string of the molecule is O=C(NCc1ccccc1)c1cnc2ccccn12. The number of nitrogens with zero attached hydrogens (tertiary/aromatic N) is 2. The summed E-state index contributed by atoms with van der Waals surface area (Å²) in [7, 11) is 0. The van der Waals surface area contributed by atoms with Crippen molar-refractivity contribution < 1.29 is 4.79 Å². The molecule has 2 heterocycles. The molecular formula is C15H13N3O. The third-order valence-electron chi connectivity index (χ3n) is 2.95. The number of rotatable bonds is 3. The highest BCUT2D eigenvalue weighted by atomic mass is 16.1. The largest absolute Gasteiger partial charge is 0.347 e. The Kier molecular flexibility index (Phi) is 2.98. The second-order valence-electron chi connectivity index (χ2n) is 4.24. The van der Waals surface area contributed by atoms with Gasteiger partial charge in [0.25, 0.3) is 5.91 Å². The molecule has 2 aromatic heterocycles. The maximum Gasteiger partial charge on any atom is 0.270 e. The van der Waals surface area contributed by atoms with Crippen LogP contribution in [-0.2, 0) is 6.54 Å². The summed E-state index contributed by atoms with van der Waals surface area (Å²) in [5, 5.41) is 2.89. The fourth-order valence-electron chi connectivity index (χ4n) is 1.97. The highest BCUT2D eigenvalue weighted by molar-refractivity contribution is 5.93. The van der Waals surface area contributed by atoms with E-state index in [1.807, 2.05) is 54.7 Å². The van der Waals surface area contributed by atoms with Crippen molar-refractivity contribution in [2.75, 3.05) is 0 Å². The highest BCUT2D eigenvalue weighted by Crippen LogP contribution is 2.06. The van der Waals surface area contributed by atoms with Crippen LogP contribution < -0.4 is 5.32 Å². The van der Waals surface area contributed by atoms with E-state index in [4.69, 9.17) is 0 Å². The molecule has 0 bridgehead atoms. The number of carbonyl (C=O) groups excluding carboxylic acids is 1. The summed E-state index contributed by atoms with van der Waals surface area (Å²) in [6.45, 7) is 0.514. The molecule has 0 radical (unpaired) electrons.